The molecule has 0 aliphatic carbocycles. The van der Waals surface area contributed by atoms with Crippen molar-refractivity contribution in [2.45, 2.75) is 19.3 Å². The zero-order valence-corrected chi connectivity index (χ0v) is 11.5. The van der Waals surface area contributed by atoms with Crippen LogP contribution in [0.15, 0.2) is 0 Å². The summed E-state index contributed by atoms with van der Waals surface area (Å²) in [5.74, 6) is 0. The van der Waals surface area contributed by atoms with Crippen LogP contribution in [0.1, 0.15) is 19.3 Å². The second kappa shape index (κ2) is 9.79. The molecule has 1 aliphatic rings. The summed E-state index contributed by atoms with van der Waals surface area (Å²) in [6, 6.07) is 0. The number of hydrogen-bond acceptors (Lipinski definition) is 5. The van der Waals surface area contributed by atoms with Crippen molar-refractivity contribution < 1.29 is 0 Å². The Balaban J connectivity index is 2.22. The van der Waals surface area contributed by atoms with Gasteiger partial charge in [0.25, 0.3) is 0 Å². The van der Waals surface area contributed by atoms with Gasteiger partial charge in [0.05, 0.1) is 0 Å². The summed E-state index contributed by atoms with van der Waals surface area (Å²) >= 11 is 0. The van der Waals surface area contributed by atoms with Gasteiger partial charge in [0.2, 0.25) is 0 Å². The lowest BCUT2D eigenvalue weighted by molar-refractivity contribution is 0.219. The van der Waals surface area contributed by atoms with Gasteiger partial charge in [-0.2, -0.15) is 0 Å². The Hall–Kier alpha value is -0.200. The van der Waals surface area contributed by atoms with E-state index in [-0.39, 0.29) is 0 Å². The number of nitrogens with one attached hydrogen (secondary N) is 3. The molecule has 0 bridgehead atoms. The van der Waals surface area contributed by atoms with Crippen molar-refractivity contribution in [3.05, 3.63) is 0 Å². The van der Waals surface area contributed by atoms with Gasteiger partial charge in [-0.15, -0.1) is 0 Å². The minimum Gasteiger partial charge on any atom is -0.308 e. The molecule has 0 aromatic heterocycles. The van der Waals surface area contributed by atoms with Crippen LogP contribution in [0.4, 0.5) is 0 Å². The Kier molecular flexibility index (Phi) is 8.56. The molecule has 17 heavy (non-hydrogen) atoms. The van der Waals surface area contributed by atoms with Crippen LogP contribution in [-0.4, -0.2) is 69.8 Å². The molecule has 102 valence electrons. The van der Waals surface area contributed by atoms with Gasteiger partial charge >= 0.3 is 0 Å². The topological polar surface area (TPSA) is 42.6 Å². The highest BCUT2D eigenvalue weighted by atomic mass is 15.3. The molecule has 5 heteroatoms. The van der Waals surface area contributed by atoms with E-state index in [9.17, 15) is 0 Å². The maximum absolute atomic E-state index is 3.54. The first-order chi connectivity index (χ1) is 8.29. The first-order valence-electron chi connectivity index (χ1n) is 6.82. The molecule has 1 rings (SSSR count). The highest BCUT2D eigenvalue weighted by molar-refractivity contribution is 4.61. The number of likely N-dealkylation sites (N-methyl/N-ethyl adjacent to an activating group) is 1. The zero-order valence-electron chi connectivity index (χ0n) is 11.5. The van der Waals surface area contributed by atoms with E-state index in [1.807, 2.05) is 0 Å². The van der Waals surface area contributed by atoms with Gasteiger partial charge < -0.3 is 10.2 Å². The number of hydrogen-bond donors (Lipinski definition) is 3. The molecule has 0 radical (unpaired) electrons. The molecule has 1 aliphatic heterocycles. The molecule has 1 heterocycles. The molecule has 0 amide bonds. The van der Waals surface area contributed by atoms with E-state index in [1.165, 1.54) is 19.3 Å². The van der Waals surface area contributed by atoms with E-state index < -0.39 is 0 Å². The summed E-state index contributed by atoms with van der Waals surface area (Å²) in [5, 5.41) is 3.54. The molecule has 0 spiro atoms. The van der Waals surface area contributed by atoms with Crippen LogP contribution in [-0.2, 0) is 0 Å². The van der Waals surface area contributed by atoms with E-state index in [0.717, 1.165) is 45.9 Å². The Morgan fingerprint density at radius 1 is 1.00 bits per heavy atom. The van der Waals surface area contributed by atoms with Crippen molar-refractivity contribution in [2.75, 3.05) is 60.0 Å². The predicted molar refractivity (Wildman–Crippen MR) is 72.9 cm³/mol. The second-order valence-corrected chi connectivity index (χ2v) is 4.99. The summed E-state index contributed by atoms with van der Waals surface area (Å²) in [7, 11) is 4.27. The molecule has 0 atom stereocenters. The normalized spacial score (nSPS) is 22.1. The second-order valence-electron chi connectivity index (χ2n) is 4.99. The molecule has 0 unspecified atom stereocenters. The van der Waals surface area contributed by atoms with Crippen molar-refractivity contribution in [1.82, 2.24) is 26.0 Å². The molecule has 0 saturated carbocycles. The Morgan fingerprint density at radius 2 is 1.71 bits per heavy atom. The van der Waals surface area contributed by atoms with Crippen molar-refractivity contribution in [1.29, 1.82) is 0 Å². The van der Waals surface area contributed by atoms with Gasteiger partial charge in [-0.05, 0) is 39.9 Å². The fourth-order valence-corrected chi connectivity index (χ4v) is 1.88. The van der Waals surface area contributed by atoms with Gasteiger partial charge in [0.15, 0.2) is 0 Å². The molecule has 1 fully saturated rings. The standard InChI is InChI=1S/C12H29N5/c1-16(2)10-11-17-9-5-8-15-14-7-4-3-6-13-12-17/h13-15H,3-12H2,1-2H3. The first-order valence-corrected chi connectivity index (χ1v) is 6.82. The van der Waals surface area contributed by atoms with Crippen LogP contribution in [0.2, 0.25) is 0 Å². The summed E-state index contributed by atoms with van der Waals surface area (Å²) in [6.07, 6.45) is 3.68. The third-order valence-corrected chi connectivity index (χ3v) is 3.01. The van der Waals surface area contributed by atoms with Gasteiger partial charge in [-0.1, -0.05) is 0 Å². The summed E-state index contributed by atoms with van der Waals surface area (Å²) in [4.78, 5) is 4.75. The highest BCUT2D eigenvalue weighted by Crippen LogP contribution is 1.92. The lowest BCUT2D eigenvalue weighted by Gasteiger charge is -2.25. The third kappa shape index (κ3) is 8.51. The van der Waals surface area contributed by atoms with Gasteiger partial charge in [0.1, 0.15) is 0 Å². The largest absolute Gasteiger partial charge is 0.308 e. The van der Waals surface area contributed by atoms with Crippen molar-refractivity contribution in [3.8, 4) is 0 Å². The van der Waals surface area contributed by atoms with E-state index in [0.29, 0.717) is 0 Å². The van der Waals surface area contributed by atoms with E-state index in [1.54, 1.807) is 0 Å². The van der Waals surface area contributed by atoms with Crippen LogP contribution >= 0.6 is 0 Å². The molecule has 0 aromatic carbocycles. The molecule has 5 nitrogen and oxygen atoms in total. The fraction of sp³-hybridized carbons (Fsp3) is 1.00. The van der Waals surface area contributed by atoms with Gasteiger partial charge in [-0.3, -0.25) is 15.8 Å². The monoisotopic (exact) mass is 243 g/mol. The maximum atomic E-state index is 3.54. The molecule has 0 aromatic rings. The van der Waals surface area contributed by atoms with E-state index >= 15 is 0 Å². The smallest absolute Gasteiger partial charge is 0.0480 e. The van der Waals surface area contributed by atoms with Crippen molar-refractivity contribution in [2.24, 2.45) is 0 Å². The molecule has 1 saturated heterocycles. The average molecular weight is 243 g/mol. The quantitative estimate of drug-likeness (QED) is 0.634. The van der Waals surface area contributed by atoms with Crippen LogP contribution in [0.25, 0.3) is 0 Å². The molecular formula is C12H29N5. The van der Waals surface area contributed by atoms with Crippen LogP contribution in [0.3, 0.4) is 0 Å². The summed E-state index contributed by atoms with van der Waals surface area (Å²) in [6.45, 7) is 7.72. The minimum absolute atomic E-state index is 1.03. The van der Waals surface area contributed by atoms with Gasteiger partial charge in [-0.25, -0.2) is 0 Å². The molecule has 3 N–H and O–H groups in total. The first kappa shape index (κ1) is 14.9. The number of hydrazine groups is 1. The van der Waals surface area contributed by atoms with E-state index in [2.05, 4.69) is 40.1 Å². The van der Waals surface area contributed by atoms with Crippen molar-refractivity contribution >= 4 is 0 Å². The Labute approximate surface area is 106 Å². The zero-order chi connectivity index (χ0) is 12.3. The SMILES string of the molecule is CN(C)CCN1CCCNNCCCCNC1. The minimum atomic E-state index is 1.03. The average Bonchev–Trinajstić information content (AvgIpc) is 2.28. The summed E-state index contributed by atoms with van der Waals surface area (Å²) < 4.78 is 0. The van der Waals surface area contributed by atoms with Crippen LogP contribution < -0.4 is 16.2 Å². The Morgan fingerprint density at radius 3 is 2.47 bits per heavy atom. The fourth-order valence-electron chi connectivity index (χ4n) is 1.88. The highest BCUT2D eigenvalue weighted by Gasteiger charge is 2.05. The lowest BCUT2D eigenvalue weighted by atomic mass is 10.3. The third-order valence-electron chi connectivity index (χ3n) is 3.01. The number of rotatable bonds is 3. The van der Waals surface area contributed by atoms with Crippen molar-refractivity contribution in [3.63, 3.8) is 0 Å². The van der Waals surface area contributed by atoms with Crippen LogP contribution in [0.5, 0.6) is 0 Å². The van der Waals surface area contributed by atoms with Gasteiger partial charge in [0, 0.05) is 39.4 Å². The van der Waals surface area contributed by atoms with E-state index in [4.69, 9.17) is 0 Å². The number of nitrogens with zero attached hydrogens (tertiary/aromatic N) is 2. The maximum Gasteiger partial charge on any atom is 0.0480 e. The molecular weight excluding hydrogens is 214 g/mol. The predicted octanol–water partition coefficient (Wildman–Crippen LogP) is -0.325. The lowest BCUT2D eigenvalue weighted by Crippen LogP contribution is -2.42. The van der Waals surface area contributed by atoms with Crippen LogP contribution in [0, 0.1) is 0 Å². The summed E-state index contributed by atoms with van der Waals surface area (Å²) in [5.41, 5.74) is 6.54. The Bertz CT molecular complexity index is 162.